The summed E-state index contributed by atoms with van der Waals surface area (Å²) in [4.78, 5) is 24.1. The van der Waals surface area contributed by atoms with Gasteiger partial charge in [-0.2, -0.15) is 0 Å². The zero-order chi connectivity index (χ0) is 20.7. The number of anilines is 2. The third-order valence-electron chi connectivity index (χ3n) is 4.19. The van der Waals surface area contributed by atoms with Crippen LogP contribution in [0.5, 0.6) is 0 Å². The lowest BCUT2D eigenvalue weighted by Crippen LogP contribution is -2.41. The first kappa shape index (κ1) is 22.1. The lowest BCUT2D eigenvalue weighted by atomic mass is 10.1. The third-order valence-corrected chi connectivity index (χ3v) is 6.06. The number of nitrogens with one attached hydrogen (secondary N) is 2. The predicted octanol–water partition coefficient (Wildman–Crippen LogP) is 0.989. The van der Waals surface area contributed by atoms with Gasteiger partial charge in [0, 0.05) is 25.4 Å². The first-order valence-corrected chi connectivity index (χ1v) is 10.8. The number of amides is 2. The van der Waals surface area contributed by atoms with E-state index in [1.165, 1.54) is 4.31 Å². The second kappa shape index (κ2) is 9.85. The van der Waals surface area contributed by atoms with Crippen molar-refractivity contribution in [3.8, 4) is 0 Å². The third kappa shape index (κ3) is 5.66. The van der Waals surface area contributed by atoms with Crippen LogP contribution in [0.15, 0.2) is 18.2 Å². The Hall–Kier alpha value is -2.17. The number of hydrogen-bond donors (Lipinski definition) is 2. The summed E-state index contributed by atoms with van der Waals surface area (Å²) in [5, 5.41) is 5.01. The van der Waals surface area contributed by atoms with E-state index < -0.39 is 28.1 Å². The van der Waals surface area contributed by atoms with Crippen LogP contribution in [-0.2, 0) is 29.1 Å². The van der Waals surface area contributed by atoms with Crippen molar-refractivity contribution in [1.29, 1.82) is 0 Å². The Balaban J connectivity index is 1.97. The topological polar surface area (TPSA) is 114 Å². The summed E-state index contributed by atoms with van der Waals surface area (Å²) in [7, 11) is -3.27. The zero-order valence-electron chi connectivity index (χ0n) is 16.4. The van der Waals surface area contributed by atoms with Gasteiger partial charge in [-0.05, 0) is 51.0 Å². The Morgan fingerprint density at radius 1 is 1.18 bits per heavy atom. The molecule has 0 bridgehead atoms. The van der Waals surface area contributed by atoms with Gasteiger partial charge >= 0.3 is 11.8 Å². The quantitative estimate of drug-likeness (QED) is 0.485. The van der Waals surface area contributed by atoms with Gasteiger partial charge in [-0.3, -0.25) is 13.9 Å². The number of hydrogen-bond acceptors (Lipinski definition) is 6. The van der Waals surface area contributed by atoms with E-state index in [0.29, 0.717) is 43.1 Å². The number of aryl methyl sites for hydroxylation is 1. The van der Waals surface area contributed by atoms with Crippen LogP contribution in [0.3, 0.4) is 0 Å². The Labute approximate surface area is 165 Å². The normalized spacial score (nSPS) is 15.6. The van der Waals surface area contributed by atoms with E-state index in [2.05, 4.69) is 10.6 Å². The van der Waals surface area contributed by atoms with Crippen LogP contribution in [0.25, 0.3) is 0 Å². The van der Waals surface area contributed by atoms with Crippen molar-refractivity contribution in [2.24, 2.45) is 0 Å². The predicted molar refractivity (Wildman–Crippen MR) is 106 cm³/mol. The summed E-state index contributed by atoms with van der Waals surface area (Å²) in [6.45, 7) is 6.69. The van der Waals surface area contributed by atoms with Crippen molar-refractivity contribution in [2.45, 2.75) is 33.5 Å². The standard InChI is InChI=1S/C18H27N3O6S/c1-4-26-16(27-5-2)12-19-17(22)18(23)20-15-8-7-14(11-13(15)3)21-9-6-10-28(21,24)25/h7-8,11,16H,4-6,9-10,12H2,1-3H3,(H,19,22)(H,20,23). The van der Waals surface area contributed by atoms with Crippen LogP contribution in [-0.4, -0.2) is 58.6 Å². The number of carbonyl (C=O) groups excluding carboxylic acids is 2. The maximum Gasteiger partial charge on any atom is 0.313 e. The highest BCUT2D eigenvalue weighted by atomic mass is 32.2. The van der Waals surface area contributed by atoms with Crippen molar-refractivity contribution < 1.29 is 27.5 Å². The lowest BCUT2D eigenvalue weighted by molar-refractivity contribution is -0.145. The number of sulfonamides is 1. The Morgan fingerprint density at radius 3 is 2.39 bits per heavy atom. The van der Waals surface area contributed by atoms with Gasteiger partial charge < -0.3 is 20.1 Å². The van der Waals surface area contributed by atoms with E-state index in [4.69, 9.17) is 9.47 Å². The summed E-state index contributed by atoms with van der Waals surface area (Å²) in [6, 6.07) is 4.88. The van der Waals surface area contributed by atoms with Crippen LogP contribution in [0.4, 0.5) is 11.4 Å². The molecule has 2 N–H and O–H groups in total. The number of carbonyl (C=O) groups is 2. The maximum atomic E-state index is 12.1. The van der Waals surface area contributed by atoms with Crippen molar-refractivity contribution >= 4 is 33.2 Å². The summed E-state index contributed by atoms with van der Waals surface area (Å²) in [5.41, 5.74) is 1.64. The molecule has 1 fully saturated rings. The monoisotopic (exact) mass is 413 g/mol. The van der Waals surface area contributed by atoms with E-state index in [-0.39, 0.29) is 12.3 Å². The minimum atomic E-state index is -3.27. The van der Waals surface area contributed by atoms with Crippen molar-refractivity contribution in [3.05, 3.63) is 23.8 Å². The molecule has 0 aliphatic carbocycles. The van der Waals surface area contributed by atoms with Gasteiger partial charge in [0.2, 0.25) is 10.0 Å². The van der Waals surface area contributed by atoms with Crippen LogP contribution >= 0.6 is 0 Å². The van der Waals surface area contributed by atoms with Gasteiger partial charge in [-0.25, -0.2) is 8.42 Å². The van der Waals surface area contributed by atoms with E-state index in [0.717, 1.165) is 0 Å². The molecule has 1 aliphatic rings. The zero-order valence-corrected chi connectivity index (χ0v) is 17.2. The van der Waals surface area contributed by atoms with Crippen molar-refractivity contribution in [2.75, 3.05) is 41.7 Å². The van der Waals surface area contributed by atoms with Crippen LogP contribution in [0.1, 0.15) is 25.8 Å². The molecule has 1 aliphatic heterocycles. The largest absolute Gasteiger partial charge is 0.351 e. The minimum absolute atomic E-state index is 0.0542. The molecule has 1 heterocycles. The molecule has 0 radical (unpaired) electrons. The van der Waals surface area contributed by atoms with Gasteiger partial charge in [0.15, 0.2) is 6.29 Å². The molecule has 156 valence electrons. The molecule has 1 saturated heterocycles. The summed E-state index contributed by atoms with van der Waals surface area (Å²) in [6.07, 6.45) is -0.0278. The second-order valence-corrected chi connectivity index (χ2v) is 8.26. The average Bonchev–Trinajstić information content (AvgIpc) is 3.00. The van der Waals surface area contributed by atoms with E-state index >= 15 is 0 Å². The molecule has 2 rings (SSSR count). The molecule has 10 heteroatoms. The molecule has 0 saturated carbocycles. The fraction of sp³-hybridized carbons (Fsp3) is 0.556. The second-order valence-electron chi connectivity index (χ2n) is 6.25. The Morgan fingerprint density at radius 2 is 1.86 bits per heavy atom. The highest BCUT2D eigenvalue weighted by Crippen LogP contribution is 2.27. The lowest BCUT2D eigenvalue weighted by Gasteiger charge is -2.19. The molecule has 0 spiro atoms. The van der Waals surface area contributed by atoms with E-state index in [1.54, 1.807) is 39.0 Å². The number of rotatable bonds is 8. The van der Waals surface area contributed by atoms with Gasteiger partial charge in [-0.1, -0.05) is 0 Å². The maximum absolute atomic E-state index is 12.1. The SMILES string of the molecule is CCOC(CNC(=O)C(=O)Nc1ccc(N2CCCS2(=O)=O)cc1C)OCC. The van der Waals surface area contributed by atoms with Crippen molar-refractivity contribution in [3.63, 3.8) is 0 Å². The van der Waals surface area contributed by atoms with Gasteiger partial charge in [0.1, 0.15) is 0 Å². The molecule has 9 nitrogen and oxygen atoms in total. The molecule has 1 aromatic rings. The fourth-order valence-electron chi connectivity index (χ4n) is 2.85. The molecular weight excluding hydrogens is 386 g/mol. The van der Waals surface area contributed by atoms with Gasteiger partial charge in [-0.15, -0.1) is 0 Å². The highest BCUT2D eigenvalue weighted by Gasteiger charge is 2.28. The molecule has 0 aromatic heterocycles. The summed E-state index contributed by atoms with van der Waals surface area (Å²) < 4.78 is 36.0. The summed E-state index contributed by atoms with van der Waals surface area (Å²) in [5.74, 6) is -1.50. The van der Waals surface area contributed by atoms with Crippen LogP contribution < -0.4 is 14.9 Å². The van der Waals surface area contributed by atoms with E-state index in [9.17, 15) is 18.0 Å². The molecule has 2 amide bonds. The van der Waals surface area contributed by atoms with E-state index in [1.807, 2.05) is 0 Å². The smallest absolute Gasteiger partial charge is 0.313 e. The Bertz CT molecular complexity index is 806. The number of ether oxygens (including phenoxy) is 2. The van der Waals surface area contributed by atoms with Crippen LogP contribution in [0, 0.1) is 6.92 Å². The average molecular weight is 413 g/mol. The highest BCUT2D eigenvalue weighted by molar-refractivity contribution is 7.93. The van der Waals surface area contributed by atoms with Crippen molar-refractivity contribution in [1.82, 2.24) is 5.32 Å². The molecule has 28 heavy (non-hydrogen) atoms. The first-order chi connectivity index (χ1) is 13.3. The van der Waals surface area contributed by atoms with Gasteiger partial charge in [0.25, 0.3) is 0 Å². The fourth-order valence-corrected chi connectivity index (χ4v) is 4.40. The number of nitrogens with zero attached hydrogens (tertiary/aromatic N) is 1. The number of benzene rings is 1. The minimum Gasteiger partial charge on any atom is -0.351 e. The summed E-state index contributed by atoms with van der Waals surface area (Å²) >= 11 is 0. The van der Waals surface area contributed by atoms with Crippen LogP contribution in [0.2, 0.25) is 0 Å². The van der Waals surface area contributed by atoms with Gasteiger partial charge in [0.05, 0.1) is 18.0 Å². The molecule has 0 atom stereocenters. The Kier molecular flexibility index (Phi) is 7.78. The molecule has 1 aromatic carbocycles. The first-order valence-electron chi connectivity index (χ1n) is 9.22. The molecule has 0 unspecified atom stereocenters. The molecular formula is C18H27N3O6S.